The lowest BCUT2D eigenvalue weighted by molar-refractivity contribution is -0.148. The Morgan fingerprint density at radius 1 is 0.838 bits per heavy atom. The molecule has 2 aromatic carbocycles. The Hall–Kier alpha value is -2.61. The first kappa shape index (κ1) is 29.0. The fourth-order valence-corrected chi connectivity index (χ4v) is 6.81. The Balaban J connectivity index is 1.54. The number of carboxylic acids is 2. The predicted octanol–water partition coefficient (Wildman–Crippen LogP) is 7.65. The molecule has 1 aromatic heterocycles. The van der Waals surface area contributed by atoms with Crippen molar-refractivity contribution >= 4 is 35.0 Å². The summed E-state index contributed by atoms with van der Waals surface area (Å²) in [5, 5.41) is 18.7. The molecular formula is C30H36O5S2. The van der Waals surface area contributed by atoms with Crippen LogP contribution in [0.15, 0.2) is 66.7 Å². The number of rotatable bonds is 17. The Morgan fingerprint density at radius 2 is 1.49 bits per heavy atom. The van der Waals surface area contributed by atoms with Gasteiger partial charge in [0.15, 0.2) is 6.10 Å². The lowest BCUT2D eigenvalue weighted by atomic mass is 9.96. The van der Waals surface area contributed by atoms with Crippen LogP contribution in [-0.2, 0) is 28.1 Å². The van der Waals surface area contributed by atoms with Gasteiger partial charge in [0, 0.05) is 17.7 Å². The number of methoxy groups -OCH3 is 1. The average molecular weight is 541 g/mol. The second kappa shape index (κ2) is 15.6. The smallest absolute Gasteiger partial charge is 0.345 e. The third kappa shape index (κ3) is 9.33. The molecule has 3 aromatic rings. The SMILES string of the molecule is COC(C(=O)O)C(SCc1ccc(C(=O)O)s1)c1ccccc1CCCCCCCCc1ccccc1. The summed E-state index contributed by atoms with van der Waals surface area (Å²) in [7, 11) is 1.43. The molecule has 37 heavy (non-hydrogen) atoms. The maximum absolute atomic E-state index is 12.0. The fraction of sp³-hybridized carbons (Fsp3) is 0.400. The van der Waals surface area contributed by atoms with Gasteiger partial charge < -0.3 is 14.9 Å². The summed E-state index contributed by atoms with van der Waals surface area (Å²) in [5.74, 6) is -1.42. The number of aryl methyl sites for hydroxylation is 2. The number of aromatic carboxylic acids is 1. The summed E-state index contributed by atoms with van der Waals surface area (Å²) in [6, 6.07) is 22.1. The van der Waals surface area contributed by atoms with E-state index in [0.29, 0.717) is 5.75 Å². The second-order valence-corrected chi connectivity index (χ2v) is 11.4. The second-order valence-electron chi connectivity index (χ2n) is 9.10. The number of benzene rings is 2. The van der Waals surface area contributed by atoms with Crippen LogP contribution in [0.2, 0.25) is 0 Å². The van der Waals surface area contributed by atoms with Crippen molar-refractivity contribution in [1.29, 1.82) is 0 Å². The molecule has 2 unspecified atom stereocenters. The van der Waals surface area contributed by atoms with Crippen LogP contribution in [0, 0.1) is 0 Å². The van der Waals surface area contributed by atoms with Crippen molar-refractivity contribution in [2.24, 2.45) is 0 Å². The van der Waals surface area contributed by atoms with Gasteiger partial charge in [0.25, 0.3) is 0 Å². The van der Waals surface area contributed by atoms with E-state index in [9.17, 15) is 19.8 Å². The zero-order chi connectivity index (χ0) is 26.5. The van der Waals surface area contributed by atoms with Crippen molar-refractivity contribution < 1.29 is 24.5 Å². The Kier molecular flexibility index (Phi) is 12.2. The molecule has 0 aliphatic heterocycles. The molecule has 1 heterocycles. The average Bonchev–Trinajstić information content (AvgIpc) is 3.38. The van der Waals surface area contributed by atoms with Gasteiger partial charge in [-0.3, -0.25) is 0 Å². The van der Waals surface area contributed by atoms with Gasteiger partial charge in [-0.15, -0.1) is 23.1 Å². The zero-order valence-corrected chi connectivity index (χ0v) is 22.9. The molecule has 0 radical (unpaired) electrons. The van der Waals surface area contributed by atoms with Gasteiger partial charge in [-0.2, -0.15) is 0 Å². The maximum Gasteiger partial charge on any atom is 0.345 e. The van der Waals surface area contributed by atoms with E-state index in [1.54, 1.807) is 12.1 Å². The largest absolute Gasteiger partial charge is 0.479 e. The summed E-state index contributed by atoms with van der Waals surface area (Å²) in [6.45, 7) is 0. The number of thioether (sulfide) groups is 1. The molecule has 0 bridgehead atoms. The van der Waals surface area contributed by atoms with Crippen LogP contribution < -0.4 is 0 Å². The number of carboxylic acid groups (broad SMARTS) is 2. The topological polar surface area (TPSA) is 83.8 Å². The van der Waals surface area contributed by atoms with Gasteiger partial charge in [-0.05, 0) is 54.5 Å². The van der Waals surface area contributed by atoms with Crippen molar-refractivity contribution in [2.45, 2.75) is 68.5 Å². The minimum absolute atomic E-state index is 0.286. The van der Waals surface area contributed by atoms with Crippen LogP contribution in [-0.4, -0.2) is 35.4 Å². The molecule has 0 aliphatic rings. The van der Waals surface area contributed by atoms with Crippen LogP contribution >= 0.6 is 23.1 Å². The Morgan fingerprint density at radius 3 is 2.14 bits per heavy atom. The predicted molar refractivity (Wildman–Crippen MR) is 152 cm³/mol. The summed E-state index contributed by atoms with van der Waals surface area (Å²) in [4.78, 5) is 24.4. The standard InChI is InChI=1S/C30H36O5S2/c1-35-27(30(33)34)28(36-21-24-19-20-26(37-24)29(31)32)25-18-12-11-17-23(25)16-10-5-3-2-4-7-13-22-14-8-6-9-15-22/h6,8-9,11-12,14-15,17-20,27-28H,2-5,7,10,13,16,21H2,1H3,(H,31,32)(H,33,34). The van der Waals surface area contributed by atoms with Crippen molar-refractivity contribution in [2.75, 3.05) is 7.11 Å². The quantitative estimate of drug-likeness (QED) is 0.171. The highest BCUT2D eigenvalue weighted by Gasteiger charge is 2.31. The highest BCUT2D eigenvalue weighted by molar-refractivity contribution is 7.98. The van der Waals surface area contributed by atoms with Crippen molar-refractivity contribution in [3.63, 3.8) is 0 Å². The number of unbranched alkanes of at least 4 members (excludes halogenated alkanes) is 5. The van der Waals surface area contributed by atoms with Gasteiger partial charge in [-0.25, -0.2) is 9.59 Å². The third-order valence-electron chi connectivity index (χ3n) is 6.42. The molecule has 198 valence electrons. The van der Waals surface area contributed by atoms with Crippen LogP contribution in [0.3, 0.4) is 0 Å². The van der Waals surface area contributed by atoms with E-state index >= 15 is 0 Å². The lowest BCUT2D eigenvalue weighted by Crippen LogP contribution is -2.29. The summed E-state index contributed by atoms with van der Waals surface area (Å²) >= 11 is 2.72. The van der Waals surface area contributed by atoms with E-state index in [2.05, 4.69) is 36.4 Å². The number of carbonyl (C=O) groups is 2. The molecule has 0 aliphatic carbocycles. The minimum atomic E-state index is -0.997. The molecule has 2 N–H and O–H groups in total. The first-order valence-corrected chi connectivity index (χ1v) is 14.7. The lowest BCUT2D eigenvalue weighted by Gasteiger charge is -2.25. The number of thiophene rings is 1. The number of hydrogen-bond donors (Lipinski definition) is 2. The molecule has 5 nitrogen and oxygen atoms in total. The zero-order valence-electron chi connectivity index (χ0n) is 21.3. The molecular weight excluding hydrogens is 504 g/mol. The monoisotopic (exact) mass is 540 g/mol. The molecule has 0 saturated carbocycles. The van der Waals surface area contributed by atoms with Crippen molar-refractivity contribution in [1.82, 2.24) is 0 Å². The van der Waals surface area contributed by atoms with E-state index in [4.69, 9.17) is 4.74 Å². The highest BCUT2D eigenvalue weighted by atomic mass is 32.2. The molecule has 2 atom stereocenters. The first-order valence-electron chi connectivity index (χ1n) is 12.8. The van der Waals surface area contributed by atoms with E-state index < -0.39 is 23.3 Å². The van der Waals surface area contributed by atoms with Crippen LogP contribution in [0.25, 0.3) is 0 Å². The molecule has 0 saturated heterocycles. The summed E-state index contributed by atoms with van der Waals surface area (Å²) in [5.41, 5.74) is 3.55. The van der Waals surface area contributed by atoms with Crippen LogP contribution in [0.5, 0.6) is 0 Å². The van der Waals surface area contributed by atoms with Gasteiger partial charge in [0.1, 0.15) is 4.88 Å². The third-order valence-corrected chi connectivity index (χ3v) is 9.01. The van der Waals surface area contributed by atoms with Crippen LogP contribution in [0.4, 0.5) is 0 Å². The van der Waals surface area contributed by atoms with Crippen molar-refractivity contribution in [3.05, 3.63) is 93.2 Å². The van der Waals surface area contributed by atoms with Crippen molar-refractivity contribution in [3.8, 4) is 0 Å². The van der Waals surface area contributed by atoms with Gasteiger partial charge >= 0.3 is 11.9 Å². The Labute approximate surface area is 227 Å². The number of aliphatic carboxylic acids is 1. The molecule has 0 spiro atoms. The van der Waals surface area contributed by atoms with Gasteiger partial charge in [-0.1, -0.05) is 80.3 Å². The normalized spacial score (nSPS) is 12.8. The van der Waals surface area contributed by atoms with E-state index in [0.717, 1.165) is 41.7 Å². The van der Waals surface area contributed by atoms with Crippen LogP contribution in [0.1, 0.15) is 75.0 Å². The number of ether oxygens (including phenoxy) is 1. The maximum atomic E-state index is 12.0. The molecule has 3 rings (SSSR count). The number of hydrogen-bond acceptors (Lipinski definition) is 5. The van der Waals surface area contributed by atoms with E-state index in [1.165, 1.54) is 61.5 Å². The summed E-state index contributed by atoms with van der Waals surface area (Å²) < 4.78 is 5.42. The summed E-state index contributed by atoms with van der Waals surface area (Å²) in [6.07, 6.45) is 8.15. The van der Waals surface area contributed by atoms with E-state index in [1.807, 2.05) is 18.2 Å². The first-order chi connectivity index (χ1) is 18.0. The molecule has 0 amide bonds. The molecule has 0 fully saturated rings. The molecule has 7 heteroatoms. The van der Waals surface area contributed by atoms with Gasteiger partial charge in [0.2, 0.25) is 0 Å². The Bertz CT molecular complexity index is 1110. The van der Waals surface area contributed by atoms with Gasteiger partial charge in [0.05, 0.1) is 5.25 Å². The minimum Gasteiger partial charge on any atom is -0.479 e. The van der Waals surface area contributed by atoms with E-state index in [-0.39, 0.29) is 4.88 Å². The fourth-order valence-electron chi connectivity index (χ4n) is 4.47. The highest BCUT2D eigenvalue weighted by Crippen LogP contribution is 2.39.